The molecule has 0 bridgehead atoms. The molecule has 1 aromatic heterocycles. The first-order valence-corrected chi connectivity index (χ1v) is 7.41. The Labute approximate surface area is 134 Å². The number of nitrogens with one attached hydrogen (secondary N) is 1. The molecule has 0 aliphatic rings. The van der Waals surface area contributed by atoms with Crippen molar-refractivity contribution >= 4 is 11.6 Å². The van der Waals surface area contributed by atoms with Crippen LogP contribution in [-0.4, -0.2) is 20.8 Å². The zero-order valence-corrected chi connectivity index (χ0v) is 12.7. The third kappa shape index (κ3) is 3.23. The van der Waals surface area contributed by atoms with Crippen LogP contribution in [0.1, 0.15) is 23.0 Å². The highest BCUT2D eigenvalue weighted by atomic mass is 16.3. The maximum atomic E-state index is 12.3. The van der Waals surface area contributed by atoms with Crippen LogP contribution in [0.3, 0.4) is 0 Å². The predicted molar refractivity (Wildman–Crippen MR) is 89.0 cm³/mol. The number of carbonyl (C=O) groups excluding carboxylic acids is 1. The van der Waals surface area contributed by atoms with Crippen LogP contribution < -0.4 is 5.32 Å². The van der Waals surface area contributed by atoms with Crippen LogP contribution in [0.2, 0.25) is 0 Å². The highest BCUT2D eigenvalue weighted by Crippen LogP contribution is 2.20. The molecule has 0 unspecified atom stereocenters. The number of nitrogens with zero attached hydrogens (tertiary/aromatic N) is 2. The van der Waals surface area contributed by atoms with Gasteiger partial charge in [-0.3, -0.25) is 4.79 Å². The number of benzene rings is 2. The molecule has 1 amide bonds. The van der Waals surface area contributed by atoms with Gasteiger partial charge in [0.05, 0.1) is 11.9 Å². The van der Waals surface area contributed by atoms with Crippen molar-refractivity contribution in [1.82, 2.24) is 9.78 Å². The second-order valence-electron chi connectivity index (χ2n) is 5.15. The minimum absolute atomic E-state index is 0.00393. The molecule has 3 aromatic rings. The molecule has 0 spiro atoms. The van der Waals surface area contributed by atoms with Gasteiger partial charge in [-0.05, 0) is 36.2 Å². The summed E-state index contributed by atoms with van der Waals surface area (Å²) in [6.07, 6.45) is 2.31. The van der Waals surface area contributed by atoms with Gasteiger partial charge in [0.15, 0.2) is 11.4 Å². The molecule has 0 fully saturated rings. The van der Waals surface area contributed by atoms with Crippen LogP contribution in [0, 0.1) is 0 Å². The molecule has 0 atom stereocenters. The highest BCUT2D eigenvalue weighted by Gasteiger charge is 2.17. The Hall–Kier alpha value is -3.08. The zero-order chi connectivity index (χ0) is 16.2. The van der Waals surface area contributed by atoms with Crippen molar-refractivity contribution in [2.45, 2.75) is 13.3 Å². The van der Waals surface area contributed by atoms with Crippen LogP contribution in [0.25, 0.3) is 5.69 Å². The van der Waals surface area contributed by atoms with Gasteiger partial charge in [-0.2, -0.15) is 5.10 Å². The first kappa shape index (κ1) is 14.8. The lowest BCUT2D eigenvalue weighted by Gasteiger charge is -2.05. The predicted octanol–water partition coefficient (Wildman–Crippen LogP) is 3.39. The van der Waals surface area contributed by atoms with Crippen LogP contribution in [-0.2, 0) is 6.42 Å². The summed E-state index contributed by atoms with van der Waals surface area (Å²) in [4.78, 5) is 12.3. The monoisotopic (exact) mass is 307 g/mol. The summed E-state index contributed by atoms with van der Waals surface area (Å²) in [6, 6.07) is 16.9. The van der Waals surface area contributed by atoms with E-state index in [-0.39, 0.29) is 11.4 Å². The summed E-state index contributed by atoms with van der Waals surface area (Å²) >= 11 is 0. The molecule has 2 aromatic carbocycles. The summed E-state index contributed by atoms with van der Waals surface area (Å²) in [6.45, 7) is 2.05. The number of rotatable bonds is 4. The third-order valence-corrected chi connectivity index (χ3v) is 3.52. The van der Waals surface area contributed by atoms with Gasteiger partial charge < -0.3 is 10.4 Å². The largest absolute Gasteiger partial charge is 0.504 e. The van der Waals surface area contributed by atoms with Crippen LogP contribution in [0.15, 0.2) is 60.8 Å². The number of aromatic nitrogens is 2. The molecule has 0 aliphatic carbocycles. The number of hydrogen-bond acceptors (Lipinski definition) is 3. The van der Waals surface area contributed by atoms with Gasteiger partial charge in [0.1, 0.15) is 0 Å². The Morgan fingerprint density at radius 3 is 2.70 bits per heavy atom. The molecule has 1 heterocycles. The number of aryl methyl sites for hydroxylation is 1. The Morgan fingerprint density at radius 1 is 1.17 bits per heavy atom. The fourth-order valence-electron chi connectivity index (χ4n) is 2.30. The Balaban J connectivity index is 1.84. The van der Waals surface area contributed by atoms with Crippen molar-refractivity contribution < 1.29 is 9.90 Å². The highest BCUT2D eigenvalue weighted by molar-refractivity contribution is 6.04. The average Bonchev–Trinajstić information content (AvgIpc) is 2.98. The van der Waals surface area contributed by atoms with E-state index >= 15 is 0 Å². The van der Waals surface area contributed by atoms with E-state index < -0.39 is 5.91 Å². The summed E-state index contributed by atoms with van der Waals surface area (Å²) in [5, 5.41) is 16.9. The van der Waals surface area contributed by atoms with Crippen molar-refractivity contribution in [3.05, 3.63) is 72.1 Å². The molecule has 23 heavy (non-hydrogen) atoms. The van der Waals surface area contributed by atoms with E-state index in [4.69, 9.17) is 0 Å². The smallest absolute Gasteiger partial charge is 0.280 e. The van der Waals surface area contributed by atoms with E-state index in [1.807, 2.05) is 61.5 Å². The first-order chi connectivity index (χ1) is 11.2. The van der Waals surface area contributed by atoms with Gasteiger partial charge in [-0.1, -0.05) is 37.3 Å². The summed E-state index contributed by atoms with van der Waals surface area (Å²) in [7, 11) is 0. The van der Waals surface area contributed by atoms with Crippen LogP contribution in [0.5, 0.6) is 5.75 Å². The Kier molecular flexibility index (Phi) is 4.10. The molecule has 2 N–H and O–H groups in total. The van der Waals surface area contributed by atoms with E-state index in [1.54, 1.807) is 0 Å². The third-order valence-electron chi connectivity index (χ3n) is 3.52. The van der Waals surface area contributed by atoms with E-state index in [0.29, 0.717) is 5.69 Å². The van der Waals surface area contributed by atoms with E-state index in [1.165, 1.54) is 10.9 Å². The van der Waals surface area contributed by atoms with Gasteiger partial charge in [-0.15, -0.1) is 0 Å². The Morgan fingerprint density at radius 2 is 1.96 bits per heavy atom. The van der Waals surface area contributed by atoms with Crippen LogP contribution in [0.4, 0.5) is 5.69 Å². The standard InChI is InChI=1S/C18H17N3O2/c1-2-13-7-6-8-14(11-13)19-18(23)17-16(22)12-21(20-17)15-9-4-3-5-10-15/h3-12,22H,2H2,1H3,(H,19,23). The van der Waals surface area contributed by atoms with Gasteiger partial charge >= 0.3 is 0 Å². The maximum Gasteiger partial charge on any atom is 0.280 e. The van der Waals surface area contributed by atoms with Crippen molar-refractivity contribution in [3.63, 3.8) is 0 Å². The average molecular weight is 307 g/mol. The quantitative estimate of drug-likeness (QED) is 0.776. The van der Waals surface area contributed by atoms with E-state index in [2.05, 4.69) is 10.4 Å². The number of hydrogen-bond donors (Lipinski definition) is 2. The molecule has 0 saturated heterocycles. The molecule has 0 radical (unpaired) electrons. The van der Waals surface area contributed by atoms with Crippen LogP contribution >= 0.6 is 0 Å². The molecule has 0 aliphatic heterocycles. The lowest BCUT2D eigenvalue weighted by molar-refractivity contribution is 0.101. The zero-order valence-electron chi connectivity index (χ0n) is 12.7. The van der Waals surface area contributed by atoms with Gasteiger partial charge in [0.2, 0.25) is 0 Å². The van der Waals surface area contributed by atoms with Crippen molar-refractivity contribution in [3.8, 4) is 11.4 Å². The minimum Gasteiger partial charge on any atom is -0.504 e. The normalized spacial score (nSPS) is 10.5. The minimum atomic E-state index is -0.439. The second kappa shape index (κ2) is 6.36. The van der Waals surface area contributed by atoms with Crippen molar-refractivity contribution in [2.24, 2.45) is 0 Å². The number of para-hydroxylation sites is 1. The summed E-state index contributed by atoms with van der Waals surface area (Å²) in [5.41, 5.74) is 2.58. The van der Waals surface area contributed by atoms with E-state index in [0.717, 1.165) is 17.7 Å². The lowest BCUT2D eigenvalue weighted by Crippen LogP contribution is -2.13. The molecule has 5 heteroatoms. The SMILES string of the molecule is CCc1cccc(NC(=O)c2nn(-c3ccccc3)cc2O)c1. The van der Waals surface area contributed by atoms with E-state index in [9.17, 15) is 9.90 Å². The number of carbonyl (C=O) groups is 1. The van der Waals surface area contributed by atoms with Gasteiger partial charge in [0.25, 0.3) is 5.91 Å². The maximum absolute atomic E-state index is 12.3. The Bertz CT molecular complexity index is 825. The second-order valence-corrected chi connectivity index (χ2v) is 5.15. The van der Waals surface area contributed by atoms with Gasteiger partial charge in [-0.25, -0.2) is 4.68 Å². The first-order valence-electron chi connectivity index (χ1n) is 7.41. The fourth-order valence-corrected chi connectivity index (χ4v) is 2.30. The number of aromatic hydroxyl groups is 1. The molecule has 116 valence electrons. The van der Waals surface area contributed by atoms with Crippen molar-refractivity contribution in [1.29, 1.82) is 0 Å². The lowest BCUT2D eigenvalue weighted by atomic mass is 10.1. The topological polar surface area (TPSA) is 67.2 Å². The summed E-state index contributed by atoms with van der Waals surface area (Å²) < 4.78 is 1.48. The molecular weight excluding hydrogens is 290 g/mol. The fraction of sp³-hybridized carbons (Fsp3) is 0.111. The molecular formula is C18H17N3O2. The number of anilines is 1. The number of amides is 1. The molecule has 5 nitrogen and oxygen atoms in total. The molecule has 0 saturated carbocycles. The van der Waals surface area contributed by atoms with Gasteiger partial charge in [0, 0.05) is 5.69 Å². The molecule has 3 rings (SSSR count). The summed E-state index contributed by atoms with van der Waals surface area (Å²) in [5.74, 6) is -0.594. The van der Waals surface area contributed by atoms with Crippen molar-refractivity contribution in [2.75, 3.05) is 5.32 Å².